The van der Waals surface area contributed by atoms with Crippen molar-refractivity contribution in [1.29, 1.82) is 0 Å². The summed E-state index contributed by atoms with van der Waals surface area (Å²) in [6.45, 7) is 0.945. The number of sulfonamides is 1. The highest BCUT2D eigenvalue weighted by molar-refractivity contribution is 7.89. The Morgan fingerprint density at radius 3 is 2.36 bits per heavy atom. The number of hydrogen-bond donors (Lipinski definition) is 1. The molecule has 3 aromatic rings. The number of rotatable bonds is 7. The normalized spacial score (nSPS) is 14.8. The predicted octanol–water partition coefficient (Wildman–Crippen LogP) is 2.70. The monoisotopic (exact) mass is 471 g/mol. The highest BCUT2D eigenvalue weighted by atomic mass is 32.2. The van der Waals surface area contributed by atoms with Gasteiger partial charge in [0.1, 0.15) is 5.82 Å². The zero-order valence-corrected chi connectivity index (χ0v) is 18.4. The molecule has 172 valence electrons. The lowest BCUT2D eigenvalue weighted by molar-refractivity contribution is 0.0473. The zero-order valence-electron chi connectivity index (χ0n) is 17.6. The number of hydrogen-bond acceptors (Lipinski definition) is 6. The molecule has 1 aromatic heterocycles. The van der Waals surface area contributed by atoms with Crippen molar-refractivity contribution >= 4 is 27.5 Å². The molecule has 2 aromatic carbocycles. The molecule has 1 aliphatic heterocycles. The fourth-order valence-corrected chi connectivity index (χ4v) is 5.04. The van der Waals surface area contributed by atoms with Crippen molar-refractivity contribution in [3.63, 3.8) is 0 Å². The summed E-state index contributed by atoms with van der Waals surface area (Å²) in [5.41, 5.74) is 1.19. The zero-order chi connectivity index (χ0) is 23.4. The molecule has 0 bridgehead atoms. The van der Waals surface area contributed by atoms with E-state index in [1.165, 1.54) is 40.7 Å². The molecule has 33 heavy (non-hydrogen) atoms. The lowest BCUT2D eigenvalue weighted by atomic mass is 10.2. The topological polar surface area (TPSA) is 99.8 Å². The minimum Gasteiger partial charge on any atom is -0.454 e. The van der Waals surface area contributed by atoms with Gasteiger partial charge >= 0.3 is 5.97 Å². The Kier molecular flexibility index (Phi) is 6.57. The molecular weight excluding hydrogens is 449 g/mol. The van der Waals surface area contributed by atoms with Gasteiger partial charge in [0.05, 0.1) is 16.2 Å². The summed E-state index contributed by atoms with van der Waals surface area (Å²) in [5, 5.41) is 0. The molecule has 1 fully saturated rings. The van der Waals surface area contributed by atoms with E-state index < -0.39 is 28.4 Å². The van der Waals surface area contributed by atoms with Gasteiger partial charge in [-0.25, -0.2) is 17.6 Å². The summed E-state index contributed by atoms with van der Waals surface area (Å²) in [7, 11) is -3.83. The van der Waals surface area contributed by atoms with Crippen LogP contribution in [0.4, 0.5) is 10.1 Å². The van der Waals surface area contributed by atoms with Crippen LogP contribution in [-0.4, -0.2) is 62.2 Å². The molecule has 10 heteroatoms. The molecule has 0 atom stereocenters. The number of ketones is 1. The van der Waals surface area contributed by atoms with Gasteiger partial charge in [-0.3, -0.25) is 4.79 Å². The number of halogens is 1. The van der Waals surface area contributed by atoms with Crippen LogP contribution in [0.2, 0.25) is 0 Å². The van der Waals surface area contributed by atoms with Gasteiger partial charge < -0.3 is 14.6 Å². The molecule has 8 nitrogen and oxygen atoms in total. The van der Waals surface area contributed by atoms with Gasteiger partial charge in [0.2, 0.25) is 15.8 Å². The third-order valence-corrected chi connectivity index (χ3v) is 7.27. The second-order valence-electron chi connectivity index (χ2n) is 7.48. The van der Waals surface area contributed by atoms with Gasteiger partial charge in [0.15, 0.2) is 6.61 Å². The van der Waals surface area contributed by atoms with E-state index in [1.54, 1.807) is 30.5 Å². The predicted molar refractivity (Wildman–Crippen MR) is 119 cm³/mol. The second-order valence-corrected chi connectivity index (χ2v) is 9.42. The molecule has 0 aliphatic carbocycles. The number of H-pyrrole nitrogens is 1. The Bertz CT molecular complexity index is 1240. The van der Waals surface area contributed by atoms with Crippen LogP contribution in [0.5, 0.6) is 0 Å². The van der Waals surface area contributed by atoms with Crippen molar-refractivity contribution in [2.45, 2.75) is 4.90 Å². The maximum absolute atomic E-state index is 13.1. The maximum atomic E-state index is 13.1. The van der Waals surface area contributed by atoms with Gasteiger partial charge in [0.25, 0.3) is 0 Å². The molecule has 4 rings (SSSR count). The molecule has 1 aliphatic rings. The number of aromatic nitrogens is 1. The lowest BCUT2D eigenvalue weighted by Gasteiger charge is -2.35. The van der Waals surface area contributed by atoms with Crippen molar-refractivity contribution < 1.29 is 27.1 Å². The van der Waals surface area contributed by atoms with Crippen molar-refractivity contribution in [1.82, 2.24) is 9.29 Å². The quantitative estimate of drug-likeness (QED) is 0.420. The first-order valence-electron chi connectivity index (χ1n) is 10.3. The summed E-state index contributed by atoms with van der Waals surface area (Å²) in [6, 6.07) is 14.9. The molecule has 0 unspecified atom stereocenters. The number of nitrogens with one attached hydrogen (secondary N) is 1. The van der Waals surface area contributed by atoms with Crippen LogP contribution < -0.4 is 4.90 Å². The smallest absolute Gasteiger partial charge is 0.338 e. The van der Waals surface area contributed by atoms with E-state index in [4.69, 9.17) is 4.74 Å². The van der Waals surface area contributed by atoms with Crippen molar-refractivity contribution in [3.8, 4) is 0 Å². The van der Waals surface area contributed by atoms with E-state index in [2.05, 4.69) is 4.98 Å². The average molecular weight is 472 g/mol. The van der Waals surface area contributed by atoms with Crippen LogP contribution in [0, 0.1) is 5.82 Å². The van der Waals surface area contributed by atoms with Gasteiger partial charge in [-0.1, -0.05) is 6.07 Å². The first kappa shape index (κ1) is 22.7. The number of nitrogens with zero attached hydrogens (tertiary/aromatic N) is 2. The Balaban J connectivity index is 1.40. The Morgan fingerprint density at radius 1 is 0.970 bits per heavy atom. The molecule has 1 saturated heterocycles. The van der Waals surface area contributed by atoms with E-state index in [0.717, 1.165) is 5.69 Å². The summed E-state index contributed by atoms with van der Waals surface area (Å²) in [4.78, 5) is 29.1. The third kappa shape index (κ3) is 5.12. The minimum absolute atomic E-state index is 0.0251. The molecule has 1 N–H and O–H groups in total. The number of anilines is 1. The molecular formula is C23H22FN3O5S. The molecule has 0 radical (unpaired) electrons. The highest BCUT2D eigenvalue weighted by Gasteiger charge is 2.29. The maximum Gasteiger partial charge on any atom is 0.338 e. The number of piperazine rings is 1. The number of carbonyl (C=O) groups is 2. The van der Waals surface area contributed by atoms with Crippen LogP contribution in [0.25, 0.3) is 0 Å². The van der Waals surface area contributed by atoms with Crippen LogP contribution in [0.3, 0.4) is 0 Å². The van der Waals surface area contributed by atoms with Crippen LogP contribution in [0.15, 0.2) is 71.8 Å². The minimum atomic E-state index is -3.83. The molecule has 0 spiro atoms. The van der Waals surface area contributed by atoms with Crippen LogP contribution in [-0.2, 0) is 14.8 Å². The molecule has 0 amide bonds. The molecule has 2 heterocycles. The number of carbonyl (C=O) groups excluding carboxylic acids is 2. The summed E-state index contributed by atoms with van der Waals surface area (Å²) in [6.07, 6.45) is 1.59. The SMILES string of the molecule is O=C(OCC(=O)c1ccc[nH]1)c1cccc(S(=O)(=O)N2CCN(c3ccc(F)cc3)CC2)c1. The van der Waals surface area contributed by atoms with Crippen LogP contribution in [0.1, 0.15) is 20.8 Å². The fraction of sp³-hybridized carbons (Fsp3) is 0.217. The van der Waals surface area contributed by atoms with Crippen molar-refractivity contribution in [2.75, 3.05) is 37.7 Å². The second kappa shape index (κ2) is 9.55. The standard InChI is InChI=1S/C23H22FN3O5S/c24-18-6-8-19(9-7-18)26-11-13-27(14-12-26)33(30,31)20-4-1-3-17(15-20)23(29)32-16-22(28)21-5-2-10-25-21/h1-10,15,25H,11-14,16H2. The van der Waals surface area contributed by atoms with E-state index >= 15 is 0 Å². The van der Waals surface area contributed by atoms with E-state index in [1.807, 2.05) is 4.90 Å². The van der Waals surface area contributed by atoms with Gasteiger partial charge in [-0.05, 0) is 54.6 Å². The summed E-state index contributed by atoms with van der Waals surface area (Å²) >= 11 is 0. The number of benzene rings is 2. The number of ether oxygens (including phenoxy) is 1. The number of esters is 1. The van der Waals surface area contributed by atoms with E-state index in [-0.39, 0.29) is 29.4 Å². The first-order chi connectivity index (χ1) is 15.8. The third-order valence-electron chi connectivity index (χ3n) is 5.37. The highest BCUT2D eigenvalue weighted by Crippen LogP contribution is 2.22. The van der Waals surface area contributed by atoms with Crippen molar-refractivity contribution in [2.24, 2.45) is 0 Å². The largest absolute Gasteiger partial charge is 0.454 e. The van der Waals surface area contributed by atoms with E-state index in [9.17, 15) is 22.4 Å². The summed E-state index contributed by atoms with van der Waals surface area (Å²) < 4.78 is 45.8. The lowest BCUT2D eigenvalue weighted by Crippen LogP contribution is -2.48. The Hall–Kier alpha value is -3.50. The van der Waals surface area contributed by atoms with Crippen molar-refractivity contribution in [3.05, 3.63) is 83.9 Å². The van der Waals surface area contributed by atoms with Gasteiger partial charge in [-0.2, -0.15) is 4.31 Å². The Labute approximate surface area is 190 Å². The number of aromatic amines is 1. The molecule has 0 saturated carbocycles. The average Bonchev–Trinajstić information content (AvgIpc) is 3.38. The number of Topliss-reactive ketones (excluding diaryl/α,β-unsaturated/α-hetero) is 1. The van der Waals surface area contributed by atoms with Gasteiger partial charge in [0, 0.05) is 38.1 Å². The summed E-state index contributed by atoms with van der Waals surface area (Å²) in [5.74, 6) is -1.50. The Morgan fingerprint density at radius 2 is 1.70 bits per heavy atom. The first-order valence-corrected chi connectivity index (χ1v) is 11.7. The van der Waals surface area contributed by atoms with Gasteiger partial charge in [-0.15, -0.1) is 0 Å². The van der Waals surface area contributed by atoms with E-state index in [0.29, 0.717) is 18.8 Å². The fourth-order valence-electron chi connectivity index (χ4n) is 3.57. The van der Waals surface area contributed by atoms with Crippen LogP contribution >= 0.6 is 0 Å².